The first-order chi connectivity index (χ1) is 7.55. The van der Waals surface area contributed by atoms with Crippen molar-refractivity contribution in [3.8, 4) is 0 Å². The number of nitrogens with zero attached hydrogens (tertiary/aromatic N) is 3. The third kappa shape index (κ3) is 4.07. The Kier molecular flexibility index (Phi) is 5.25. The smallest absolute Gasteiger partial charge is 0.169 e. The van der Waals surface area contributed by atoms with Crippen LogP contribution in [0.4, 0.5) is 0 Å². The molecule has 0 aromatic rings. The molecular weight excluding hydrogens is 222 g/mol. The topological polar surface area (TPSA) is 76.0 Å². The molecule has 0 saturated heterocycles. The molecular formula is C11H23N3O3. The highest BCUT2D eigenvalue weighted by Crippen LogP contribution is 2.14. The highest BCUT2D eigenvalue weighted by atomic mass is 16.7. The van der Waals surface area contributed by atoms with E-state index in [-0.39, 0.29) is 11.8 Å². The van der Waals surface area contributed by atoms with Crippen molar-refractivity contribution in [3.05, 3.63) is 5.21 Å². The summed E-state index contributed by atoms with van der Waals surface area (Å²) in [6.07, 6.45) is 1.64. The number of Topliss-reactive ketones (excluding diaryl/α,β-unsaturated/α-hetero) is 1. The van der Waals surface area contributed by atoms with E-state index < -0.39 is 10.3 Å². The minimum Gasteiger partial charge on any atom is -0.604 e. The van der Waals surface area contributed by atoms with Crippen LogP contribution in [0.2, 0.25) is 0 Å². The van der Waals surface area contributed by atoms with E-state index in [0.717, 1.165) is 6.34 Å². The van der Waals surface area contributed by atoms with Crippen LogP contribution in [0.1, 0.15) is 41.0 Å². The van der Waals surface area contributed by atoms with Gasteiger partial charge in [-0.05, 0) is 34.1 Å². The SMILES string of the molecule is CCC(C)[N+](C)([O-])N(O)C=NC(C)(C)C(C)=O. The predicted molar refractivity (Wildman–Crippen MR) is 66.2 cm³/mol. The highest BCUT2D eigenvalue weighted by Gasteiger charge is 2.26. The van der Waals surface area contributed by atoms with Crippen LogP contribution in [0, 0.1) is 5.21 Å². The number of carbonyl (C=O) groups excluding carboxylic acids is 1. The Balaban J connectivity index is 4.81. The first-order valence-electron chi connectivity index (χ1n) is 5.67. The summed E-state index contributed by atoms with van der Waals surface area (Å²) in [5.74, 6) is -0.134. The van der Waals surface area contributed by atoms with Crippen LogP contribution in [0.3, 0.4) is 0 Å². The van der Waals surface area contributed by atoms with Crippen LogP contribution >= 0.6 is 0 Å². The normalized spacial score (nSPS) is 17.9. The Morgan fingerprint density at radius 1 is 1.65 bits per heavy atom. The first-order valence-corrected chi connectivity index (χ1v) is 5.67. The molecule has 0 amide bonds. The molecule has 0 radical (unpaired) electrons. The Hall–Kier alpha value is -0.980. The molecule has 100 valence electrons. The van der Waals surface area contributed by atoms with Crippen LogP contribution < -0.4 is 0 Å². The van der Waals surface area contributed by atoms with Crippen LogP contribution in [0.15, 0.2) is 4.99 Å². The van der Waals surface area contributed by atoms with Crippen LogP contribution in [0.5, 0.6) is 0 Å². The molecule has 6 heteroatoms. The fraction of sp³-hybridized carbons (Fsp3) is 0.818. The molecule has 0 fully saturated rings. The summed E-state index contributed by atoms with van der Waals surface area (Å²) in [7, 11) is 1.33. The summed E-state index contributed by atoms with van der Waals surface area (Å²) in [4.78, 5) is 15.1. The lowest BCUT2D eigenvalue weighted by Gasteiger charge is -2.45. The molecule has 0 aliphatic heterocycles. The van der Waals surface area contributed by atoms with E-state index >= 15 is 0 Å². The molecule has 0 bridgehead atoms. The Labute approximate surface area is 103 Å². The van der Waals surface area contributed by atoms with E-state index in [2.05, 4.69) is 4.99 Å². The number of hydrogen-bond acceptors (Lipinski definition) is 4. The number of hydroxylamine groups is 3. The van der Waals surface area contributed by atoms with Crippen molar-refractivity contribution in [2.24, 2.45) is 4.99 Å². The highest BCUT2D eigenvalue weighted by molar-refractivity contribution is 5.86. The maximum absolute atomic E-state index is 12.1. The fourth-order valence-corrected chi connectivity index (χ4v) is 0.930. The molecule has 0 heterocycles. The van der Waals surface area contributed by atoms with Gasteiger partial charge in [0.15, 0.2) is 12.1 Å². The minimum absolute atomic E-state index is 0.134. The number of carbonyl (C=O) groups is 1. The van der Waals surface area contributed by atoms with Gasteiger partial charge in [-0.3, -0.25) is 9.79 Å². The van der Waals surface area contributed by atoms with Crippen LogP contribution in [0.25, 0.3) is 0 Å². The van der Waals surface area contributed by atoms with E-state index in [1.54, 1.807) is 20.8 Å². The Bertz CT molecular complexity index is 300. The monoisotopic (exact) mass is 245 g/mol. The van der Waals surface area contributed by atoms with Crippen molar-refractivity contribution in [1.82, 2.24) is 5.17 Å². The quantitative estimate of drug-likeness (QED) is 0.334. The minimum atomic E-state index is -0.964. The summed E-state index contributed by atoms with van der Waals surface area (Å²) in [5.41, 5.74) is -0.934. The number of quaternary nitrogens is 1. The van der Waals surface area contributed by atoms with Crippen LogP contribution in [-0.4, -0.2) is 45.9 Å². The summed E-state index contributed by atoms with van der Waals surface area (Å²) >= 11 is 0. The van der Waals surface area contributed by atoms with Gasteiger partial charge in [-0.2, -0.15) is 0 Å². The maximum Gasteiger partial charge on any atom is 0.169 e. The van der Waals surface area contributed by atoms with Gasteiger partial charge in [-0.25, -0.2) is 9.96 Å². The van der Waals surface area contributed by atoms with E-state index in [0.29, 0.717) is 11.6 Å². The predicted octanol–water partition coefficient (Wildman–Crippen LogP) is 1.73. The van der Waals surface area contributed by atoms with E-state index in [1.165, 1.54) is 14.0 Å². The van der Waals surface area contributed by atoms with Crippen LogP contribution in [-0.2, 0) is 4.79 Å². The molecule has 0 aliphatic carbocycles. The van der Waals surface area contributed by atoms with Gasteiger partial charge in [0.05, 0.1) is 7.05 Å². The van der Waals surface area contributed by atoms with Gasteiger partial charge in [0.1, 0.15) is 11.6 Å². The fourth-order valence-electron chi connectivity index (χ4n) is 0.930. The Morgan fingerprint density at radius 2 is 2.12 bits per heavy atom. The second-order valence-corrected chi connectivity index (χ2v) is 4.88. The van der Waals surface area contributed by atoms with E-state index in [4.69, 9.17) is 0 Å². The number of rotatable bonds is 6. The van der Waals surface area contributed by atoms with Gasteiger partial charge in [0.25, 0.3) is 0 Å². The molecule has 0 saturated carbocycles. The molecule has 2 unspecified atom stereocenters. The number of aliphatic imine (C=N–C) groups is 1. The van der Waals surface area contributed by atoms with Crippen molar-refractivity contribution in [2.75, 3.05) is 7.05 Å². The van der Waals surface area contributed by atoms with Gasteiger partial charge in [0.2, 0.25) is 0 Å². The van der Waals surface area contributed by atoms with Crippen molar-refractivity contribution in [2.45, 2.75) is 52.6 Å². The molecule has 2 atom stereocenters. The molecule has 0 rings (SSSR count). The summed E-state index contributed by atoms with van der Waals surface area (Å²) < 4.78 is -0.964. The maximum atomic E-state index is 12.1. The van der Waals surface area contributed by atoms with Gasteiger partial charge in [-0.1, -0.05) is 12.1 Å². The van der Waals surface area contributed by atoms with Crippen molar-refractivity contribution >= 4 is 12.1 Å². The molecule has 17 heavy (non-hydrogen) atoms. The molecule has 1 N–H and O–H groups in total. The van der Waals surface area contributed by atoms with Gasteiger partial charge in [0, 0.05) is 0 Å². The summed E-state index contributed by atoms with van der Waals surface area (Å²) in [6.45, 7) is 8.26. The summed E-state index contributed by atoms with van der Waals surface area (Å²) in [6, 6.07) is -0.299. The second kappa shape index (κ2) is 5.57. The zero-order chi connectivity index (χ0) is 13.9. The largest absolute Gasteiger partial charge is 0.604 e. The molecule has 6 nitrogen and oxygen atoms in total. The lowest BCUT2D eigenvalue weighted by molar-refractivity contribution is -1.02. The van der Waals surface area contributed by atoms with E-state index in [9.17, 15) is 15.2 Å². The number of ketones is 1. The third-order valence-corrected chi connectivity index (χ3v) is 3.16. The third-order valence-electron chi connectivity index (χ3n) is 3.16. The zero-order valence-corrected chi connectivity index (χ0v) is 11.5. The lowest BCUT2D eigenvalue weighted by atomic mass is 10.0. The zero-order valence-electron chi connectivity index (χ0n) is 11.5. The average molecular weight is 245 g/mol. The van der Waals surface area contributed by atoms with Gasteiger partial charge < -0.3 is 5.21 Å². The average Bonchev–Trinajstić information content (AvgIpc) is 2.24. The lowest BCUT2D eigenvalue weighted by Crippen LogP contribution is -2.56. The van der Waals surface area contributed by atoms with Gasteiger partial charge >= 0.3 is 0 Å². The molecule has 0 aromatic heterocycles. The second-order valence-electron chi connectivity index (χ2n) is 4.88. The van der Waals surface area contributed by atoms with Crippen molar-refractivity contribution in [1.29, 1.82) is 0 Å². The first kappa shape index (κ1) is 16.0. The molecule has 0 aliphatic rings. The number of hydrogen-bond donors (Lipinski definition) is 1. The molecule has 0 spiro atoms. The standard InChI is InChI=1S/C11H23N3O3/c1-7-9(2)14(6,17)13(16)8-12-11(4,5)10(3)15/h8-9,16H,7H2,1-6H3. The molecule has 0 aromatic carbocycles. The van der Waals surface area contributed by atoms with Crippen molar-refractivity contribution < 1.29 is 14.8 Å². The van der Waals surface area contributed by atoms with E-state index in [1.807, 2.05) is 6.92 Å². The van der Waals surface area contributed by atoms with Gasteiger partial charge in [-0.15, -0.1) is 0 Å². The van der Waals surface area contributed by atoms with Crippen molar-refractivity contribution in [3.63, 3.8) is 0 Å². The Morgan fingerprint density at radius 3 is 2.47 bits per heavy atom. The summed E-state index contributed by atoms with van der Waals surface area (Å²) in [5, 5.41) is 22.2.